The van der Waals surface area contributed by atoms with E-state index >= 15 is 0 Å². The molecule has 0 amide bonds. The second-order valence-electron chi connectivity index (χ2n) is 19.8. The van der Waals surface area contributed by atoms with Crippen molar-refractivity contribution in [2.24, 2.45) is 0 Å². The van der Waals surface area contributed by atoms with Gasteiger partial charge in [0.25, 0.3) is 12.9 Å². The molecule has 0 aliphatic rings. The van der Waals surface area contributed by atoms with E-state index in [2.05, 4.69) is 179 Å². The van der Waals surface area contributed by atoms with Gasteiger partial charge in [0, 0.05) is 65.0 Å². The molecule has 80 heavy (non-hydrogen) atoms. The van der Waals surface area contributed by atoms with Gasteiger partial charge in [-0.1, -0.05) is 144 Å². The molecule has 0 bridgehead atoms. The maximum absolute atomic E-state index is 13.1. The predicted octanol–water partition coefficient (Wildman–Crippen LogP) is 14.8. The van der Waals surface area contributed by atoms with Crippen LogP contribution in [-0.2, 0) is 46.1 Å². The first-order valence-electron chi connectivity index (χ1n) is 24.5. The van der Waals surface area contributed by atoms with E-state index in [9.17, 15) is 22.8 Å². The zero-order valence-corrected chi connectivity index (χ0v) is 46.6. The Morgan fingerprint density at radius 1 is 0.562 bits per heavy atom. The Morgan fingerprint density at radius 2 is 1.07 bits per heavy atom. The molecule has 400 valence electrons. The molecular weight excluding hydrogens is 1120 g/mol. The Kier molecular flexibility index (Phi) is 18.8. The Balaban J connectivity index is 0.000000219. The standard InChI is InChI=1S/C33H19N3O4.C29H30F3N4.CNS.Ru/c37-20-39-25-12-14-35-31(17-25)33-19-26(40-21-38)18-32(36-33)30-15-22(11-13-34-30)9-10-24-16-23-5-1-2-6-27(23)29-8-4-3-7-28(24)29;1-27(2,3)19-7-11-21(12-8-19)36(22-13-9-20(10-14-22)28(4,5)6)23-15-16-33-24(17-23)25-18-26(35-34-25)29(30,31)32;2-1-3;/h1-8,11-21H;7-18H,1-6H3;;/q;2*-1;+2. The van der Waals surface area contributed by atoms with Crippen LogP contribution in [0.3, 0.4) is 0 Å². The minimum atomic E-state index is -4.56. The molecule has 5 heterocycles. The second-order valence-corrected chi connectivity index (χ2v) is 20.0. The van der Waals surface area contributed by atoms with Crippen molar-refractivity contribution >= 4 is 68.9 Å². The molecule has 0 aliphatic heterocycles. The summed E-state index contributed by atoms with van der Waals surface area (Å²) in [6.07, 6.45) is 0.169. The number of alkyl halides is 3. The van der Waals surface area contributed by atoms with E-state index in [1.165, 1.54) is 27.9 Å². The molecule has 0 fully saturated rings. The fourth-order valence-electron chi connectivity index (χ4n) is 8.44. The zero-order valence-electron chi connectivity index (χ0n) is 44.0. The van der Waals surface area contributed by atoms with Gasteiger partial charge >= 0.3 is 25.7 Å². The number of thiocarbonyl (C=S) groups is 1. The van der Waals surface area contributed by atoms with Crippen LogP contribution in [0.15, 0.2) is 176 Å². The molecule has 17 heteroatoms. The van der Waals surface area contributed by atoms with Crippen LogP contribution in [0.25, 0.3) is 61.1 Å². The molecule has 5 aromatic heterocycles. The predicted molar refractivity (Wildman–Crippen MR) is 305 cm³/mol. The molecule has 12 nitrogen and oxygen atoms in total. The number of rotatable bonds is 10. The van der Waals surface area contributed by atoms with Crippen LogP contribution in [-0.4, -0.2) is 43.1 Å². The van der Waals surface area contributed by atoms with Crippen LogP contribution in [0.2, 0.25) is 0 Å². The SMILES string of the molecule is CC(C)(C)c1ccc(N(c2ccc(C(C)(C)C)cc2)c2ccnc(-c3cc(C(F)(F)F)n[n-]3)c2)cc1.O=COc1ccnc(-c2cc(OC=O)cc(-c3cc(C#Cc4cc5ccccc5c5ccccc45)ccn3)n2)c1.[N-]=C=S.[Ru+2]. The summed E-state index contributed by atoms with van der Waals surface area (Å²) in [7, 11) is 0. The Labute approximate surface area is 478 Å². The van der Waals surface area contributed by atoms with Crippen molar-refractivity contribution in [3.63, 3.8) is 0 Å². The van der Waals surface area contributed by atoms with Crippen molar-refractivity contribution in [2.75, 3.05) is 4.90 Å². The number of pyridine rings is 4. The molecule has 0 aliphatic carbocycles. The molecule has 0 saturated carbocycles. The Morgan fingerprint density at radius 3 is 1.65 bits per heavy atom. The number of hydrogen-bond acceptors (Lipinski definition) is 11. The third kappa shape index (κ3) is 14.3. The number of aromatic nitrogens is 6. The van der Waals surface area contributed by atoms with Crippen molar-refractivity contribution in [2.45, 2.75) is 58.5 Å². The van der Waals surface area contributed by atoms with Crippen LogP contribution in [0.5, 0.6) is 11.5 Å². The van der Waals surface area contributed by atoms with E-state index in [0.29, 0.717) is 47.2 Å². The largest absolute Gasteiger partial charge is 2.00 e. The third-order valence-electron chi connectivity index (χ3n) is 12.4. The molecule has 0 radical (unpaired) electrons. The Bertz CT molecular complexity index is 3860. The molecule has 0 atom stereocenters. The van der Waals surface area contributed by atoms with Gasteiger partial charge in [0.2, 0.25) is 0 Å². The molecule has 5 aromatic carbocycles. The summed E-state index contributed by atoms with van der Waals surface area (Å²) in [6, 6.07) is 49.7. The van der Waals surface area contributed by atoms with E-state index in [1.807, 2.05) is 42.5 Å². The number of hydrogen-bond donors (Lipinski definition) is 0. The van der Waals surface area contributed by atoms with Gasteiger partial charge in [0.15, 0.2) is 0 Å². The van der Waals surface area contributed by atoms with Crippen molar-refractivity contribution in [1.29, 1.82) is 0 Å². The normalized spacial score (nSPS) is 11.0. The minimum Gasteiger partial charge on any atom is -0.753 e. The molecule has 10 rings (SSSR count). The fourth-order valence-corrected chi connectivity index (χ4v) is 8.44. The number of carbonyl (C=O) groups is 2. The number of benzene rings is 5. The summed E-state index contributed by atoms with van der Waals surface area (Å²) < 4.78 is 49.3. The number of halogens is 3. The number of isothiocyanates is 1. The van der Waals surface area contributed by atoms with Gasteiger partial charge < -0.3 is 30.0 Å². The molecular formula is C63H49F3N8O4RuS. The van der Waals surface area contributed by atoms with Crippen molar-refractivity contribution < 1.29 is 51.7 Å². The topological polar surface area (TPSA) is 157 Å². The van der Waals surface area contributed by atoms with Crippen molar-refractivity contribution in [1.82, 2.24) is 30.1 Å². The van der Waals surface area contributed by atoms with Crippen LogP contribution in [0.1, 0.15) is 69.5 Å². The summed E-state index contributed by atoms with van der Waals surface area (Å²) in [4.78, 5) is 41.7. The third-order valence-corrected chi connectivity index (χ3v) is 12.4. The maximum Gasteiger partial charge on any atom is 2.00 e. The van der Waals surface area contributed by atoms with E-state index in [-0.39, 0.29) is 41.8 Å². The summed E-state index contributed by atoms with van der Waals surface area (Å²) >= 11 is 3.70. The monoisotopic (exact) mass is 1170 g/mol. The summed E-state index contributed by atoms with van der Waals surface area (Å²) in [5, 5.41) is 20.0. The summed E-state index contributed by atoms with van der Waals surface area (Å²) in [5.74, 6) is 7.18. The number of carbonyl (C=O) groups excluding carboxylic acids is 2. The molecule has 0 unspecified atom stereocenters. The first-order chi connectivity index (χ1) is 37.9. The fraction of sp³-hybridized carbons (Fsp3) is 0.143. The van der Waals surface area contributed by atoms with E-state index in [0.717, 1.165) is 50.4 Å². The maximum atomic E-state index is 13.1. The summed E-state index contributed by atoms with van der Waals surface area (Å²) in [5.41, 5.74) is 7.89. The zero-order chi connectivity index (χ0) is 56.3. The van der Waals surface area contributed by atoms with E-state index < -0.39 is 11.9 Å². The first kappa shape index (κ1) is 58.6. The molecule has 0 N–H and O–H groups in total. The molecule has 0 saturated heterocycles. The van der Waals surface area contributed by atoms with Crippen molar-refractivity contribution in [3.8, 4) is 57.5 Å². The quantitative estimate of drug-likeness (QED) is 0.0319. The average molecular weight is 1170 g/mol. The smallest absolute Gasteiger partial charge is 0.753 e. The van der Waals surface area contributed by atoms with Gasteiger partial charge in [-0.15, -0.1) is 0 Å². The van der Waals surface area contributed by atoms with Gasteiger partial charge in [0.1, 0.15) is 17.2 Å². The van der Waals surface area contributed by atoms with Gasteiger partial charge in [-0.05, 0) is 110 Å². The van der Waals surface area contributed by atoms with Crippen LogP contribution in [0, 0.1) is 11.8 Å². The second kappa shape index (κ2) is 25.6. The van der Waals surface area contributed by atoms with Gasteiger partial charge in [-0.3, -0.25) is 24.5 Å². The minimum absolute atomic E-state index is 0. The van der Waals surface area contributed by atoms with Gasteiger partial charge in [0.05, 0.1) is 28.5 Å². The number of nitrogens with zero attached hydrogens (tertiary/aromatic N) is 8. The van der Waals surface area contributed by atoms with Gasteiger partial charge in [-0.25, -0.2) is 4.98 Å². The first-order valence-corrected chi connectivity index (χ1v) is 24.9. The van der Waals surface area contributed by atoms with E-state index in [1.54, 1.807) is 42.7 Å². The van der Waals surface area contributed by atoms with E-state index in [4.69, 9.17) is 14.9 Å². The van der Waals surface area contributed by atoms with Crippen LogP contribution in [0.4, 0.5) is 30.2 Å². The number of fused-ring (bicyclic) bond motifs is 3. The van der Waals surface area contributed by atoms with Crippen molar-refractivity contribution in [3.05, 3.63) is 210 Å². The average Bonchev–Trinajstić information content (AvgIpc) is 4.03. The van der Waals surface area contributed by atoms with Crippen LogP contribution < -0.4 is 19.5 Å². The molecule has 10 aromatic rings. The summed E-state index contributed by atoms with van der Waals surface area (Å²) in [6.45, 7) is 13.7. The Hall–Kier alpha value is -9.06. The van der Waals surface area contributed by atoms with Crippen LogP contribution >= 0.6 is 12.2 Å². The number of ether oxygens (including phenoxy) is 2. The van der Waals surface area contributed by atoms with Gasteiger partial charge in [-0.2, -0.15) is 18.3 Å². The number of anilines is 3. The molecule has 0 spiro atoms.